The van der Waals surface area contributed by atoms with Gasteiger partial charge in [-0.3, -0.25) is 30.4 Å². The molecule has 4 N–H and O–H groups in total. The van der Waals surface area contributed by atoms with Gasteiger partial charge in [0.1, 0.15) is 34.4 Å². The fourth-order valence-corrected chi connectivity index (χ4v) is 9.94. The SMILES string of the molecule is CC1(C)CCC(CN2CCN(c3ccc(C(=O)S(=O)(=O)c4ccc(NCC5CCOCC5)c([N+](=O)[O-])c4)c(Oc4cc(NC(=O)O)nc(NC(=O)OC(C)(C)C)c4)c3)CC2)=C(c2ccc(Cl)cc2)C1. The number of carbonyl (C=O) groups excluding carboxylic acids is 2. The second-order valence-corrected chi connectivity index (χ2v) is 21.6. The number of hydrogen-bond acceptors (Lipinski definition) is 14. The second-order valence-electron chi connectivity index (χ2n) is 19.3. The molecule has 2 amide bonds. The Labute approximate surface area is 406 Å². The van der Waals surface area contributed by atoms with Crippen molar-refractivity contribution in [3.8, 4) is 11.5 Å². The van der Waals surface area contributed by atoms with Gasteiger partial charge in [-0.2, -0.15) is 0 Å². The quantitative estimate of drug-likeness (QED) is 0.0680. The lowest BCUT2D eigenvalue weighted by atomic mass is 9.72. The van der Waals surface area contributed by atoms with Crippen LogP contribution >= 0.6 is 11.6 Å². The van der Waals surface area contributed by atoms with Crippen molar-refractivity contribution in [3.63, 3.8) is 0 Å². The lowest BCUT2D eigenvalue weighted by molar-refractivity contribution is -0.384. The molecular formula is C49H58ClN7O11S. The highest BCUT2D eigenvalue weighted by molar-refractivity contribution is 8.06. The number of nitrogens with zero attached hydrogens (tertiary/aromatic N) is 4. The summed E-state index contributed by atoms with van der Waals surface area (Å²) in [6, 6.07) is 18.2. The molecule has 20 heteroatoms. The average Bonchev–Trinajstić information content (AvgIpc) is 3.28. The fraction of sp³-hybridized carbons (Fsp3) is 0.429. The van der Waals surface area contributed by atoms with Crippen molar-refractivity contribution in [2.24, 2.45) is 11.3 Å². The number of allylic oxidation sites excluding steroid dienone is 1. The zero-order valence-electron chi connectivity index (χ0n) is 39.3. The van der Waals surface area contributed by atoms with E-state index in [0.29, 0.717) is 56.6 Å². The number of anilines is 4. The zero-order chi connectivity index (χ0) is 49.7. The Balaban J connectivity index is 1.19. The highest BCUT2D eigenvalue weighted by Gasteiger charge is 2.34. The highest BCUT2D eigenvalue weighted by Crippen LogP contribution is 2.44. The molecule has 3 heterocycles. The number of sulfone groups is 1. The number of ether oxygens (including phenoxy) is 3. The van der Waals surface area contributed by atoms with Crippen LogP contribution in [-0.4, -0.2) is 104 Å². The molecule has 2 aliphatic heterocycles. The minimum absolute atomic E-state index is 0.104. The van der Waals surface area contributed by atoms with Crippen molar-refractivity contribution >= 4 is 73.0 Å². The second kappa shape index (κ2) is 21.2. The molecule has 0 saturated carbocycles. The predicted octanol–water partition coefficient (Wildman–Crippen LogP) is 10.1. The van der Waals surface area contributed by atoms with E-state index in [4.69, 9.17) is 25.8 Å². The summed E-state index contributed by atoms with van der Waals surface area (Å²) in [6.07, 6.45) is 2.15. The summed E-state index contributed by atoms with van der Waals surface area (Å²) in [7, 11) is -4.95. The summed E-state index contributed by atoms with van der Waals surface area (Å²) in [4.78, 5) is 58.4. The predicted molar refractivity (Wildman–Crippen MR) is 264 cm³/mol. The first-order valence-electron chi connectivity index (χ1n) is 22.8. The number of halogens is 1. The van der Waals surface area contributed by atoms with Gasteiger partial charge in [0.25, 0.3) is 10.8 Å². The fourth-order valence-electron chi connectivity index (χ4n) is 8.63. The van der Waals surface area contributed by atoms with Crippen LogP contribution in [0.2, 0.25) is 5.02 Å². The third-order valence-electron chi connectivity index (χ3n) is 12.2. The Morgan fingerprint density at radius 2 is 1.64 bits per heavy atom. The number of piperazine rings is 1. The van der Waals surface area contributed by atoms with E-state index in [1.54, 1.807) is 26.8 Å². The van der Waals surface area contributed by atoms with Crippen molar-refractivity contribution < 1.29 is 47.0 Å². The molecule has 0 spiro atoms. The minimum atomic E-state index is -4.95. The summed E-state index contributed by atoms with van der Waals surface area (Å²) in [6.45, 7) is 14.4. The summed E-state index contributed by atoms with van der Waals surface area (Å²) < 4.78 is 45.5. The number of nitrogens with one attached hydrogen (secondary N) is 3. The van der Waals surface area contributed by atoms with E-state index < -0.39 is 53.8 Å². The number of benzene rings is 3. The highest BCUT2D eigenvalue weighted by atomic mass is 35.5. The van der Waals surface area contributed by atoms with Crippen LogP contribution in [0, 0.1) is 21.4 Å². The van der Waals surface area contributed by atoms with Crippen LogP contribution < -0.4 is 25.6 Å². The van der Waals surface area contributed by atoms with Crippen molar-refractivity contribution in [3.05, 3.63) is 105 Å². The van der Waals surface area contributed by atoms with Crippen LogP contribution in [0.5, 0.6) is 11.5 Å². The van der Waals surface area contributed by atoms with Gasteiger partial charge in [-0.15, -0.1) is 0 Å². The first-order valence-corrected chi connectivity index (χ1v) is 24.7. The van der Waals surface area contributed by atoms with E-state index in [2.05, 4.69) is 56.7 Å². The van der Waals surface area contributed by atoms with Gasteiger partial charge in [0.2, 0.25) is 9.84 Å². The van der Waals surface area contributed by atoms with Gasteiger partial charge in [-0.1, -0.05) is 43.2 Å². The summed E-state index contributed by atoms with van der Waals surface area (Å²) in [5.74, 6) is -0.620. The summed E-state index contributed by atoms with van der Waals surface area (Å²) in [5.41, 5.74) is 2.96. The molecule has 0 unspecified atom stereocenters. The van der Waals surface area contributed by atoms with Crippen molar-refractivity contribution in [1.29, 1.82) is 0 Å². The Hall–Kier alpha value is -6.28. The van der Waals surface area contributed by atoms with E-state index >= 15 is 0 Å². The van der Waals surface area contributed by atoms with Crippen molar-refractivity contribution in [1.82, 2.24) is 9.88 Å². The topological polar surface area (TPSA) is 232 Å². The first-order chi connectivity index (χ1) is 32.6. The van der Waals surface area contributed by atoms with E-state index in [0.717, 1.165) is 50.8 Å². The van der Waals surface area contributed by atoms with E-state index in [1.165, 1.54) is 47.0 Å². The van der Waals surface area contributed by atoms with Gasteiger partial charge in [0.15, 0.2) is 0 Å². The Morgan fingerprint density at radius 1 is 0.957 bits per heavy atom. The van der Waals surface area contributed by atoms with Crippen LogP contribution in [-0.2, 0) is 19.3 Å². The Morgan fingerprint density at radius 3 is 2.29 bits per heavy atom. The molecule has 3 aromatic carbocycles. The number of carbonyl (C=O) groups is 3. The first kappa shape index (κ1) is 50.6. The molecule has 1 aliphatic carbocycles. The van der Waals surface area contributed by atoms with Crippen LogP contribution in [0.4, 0.5) is 38.3 Å². The van der Waals surface area contributed by atoms with Crippen LogP contribution in [0.15, 0.2) is 83.3 Å². The van der Waals surface area contributed by atoms with E-state index in [1.807, 2.05) is 12.1 Å². The number of aromatic nitrogens is 1. The lowest BCUT2D eigenvalue weighted by Gasteiger charge is -2.39. The summed E-state index contributed by atoms with van der Waals surface area (Å²) in [5, 5.41) is 28.7. The number of hydrogen-bond donors (Lipinski definition) is 4. The molecular weight excluding hydrogens is 930 g/mol. The number of nitro benzene ring substituents is 1. The molecule has 18 nitrogen and oxygen atoms in total. The Kier molecular flexibility index (Phi) is 15.5. The van der Waals surface area contributed by atoms with Gasteiger partial charge in [0.05, 0.1) is 15.4 Å². The number of amides is 2. The van der Waals surface area contributed by atoms with Crippen molar-refractivity contribution in [2.45, 2.75) is 77.2 Å². The van der Waals surface area contributed by atoms with Gasteiger partial charge in [0, 0.05) is 87.5 Å². The van der Waals surface area contributed by atoms with Gasteiger partial charge in [-0.05, 0) is 112 Å². The minimum Gasteiger partial charge on any atom is -0.465 e. The molecule has 0 bridgehead atoms. The van der Waals surface area contributed by atoms with Crippen LogP contribution in [0.25, 0.3) is 5.57 Å². The number of rotatable bonds is 14. The molecule has 368 valence electrons. The molecule has 0 radical (unpaired) electrons. The number of carboxylic acid groups (broad SMARTS) is 1. The molecule has 4 aromatic rings. The zero-order valence-corrected chi connectivity index (χ0v) is 40.9. The lowest BCUT2D eigenvalue weighted by Crippen LogP contribution is -2.47. The molecule has 2 fully saturated rings. The van der Waals surface area contributed by atoms with Crippen LogP contribution in [0.1, 0.15) is 82.6 Å². The van der Waals surface area contributed by atoms with Gasteiger partial charge < -0.3 is 29.5 Å². The third-order valence-corrected chi connectivity index (χ3v) is 14.1. The maximum Gasteiger partial charge on any atom is 0.413 e. The standard InChI is InChI=1S/C49H58ClN7O11S/c1-48(2,3)68-47(61)54-44-26-36(25-43(52-44)53-46(59)60)67-42-24-35(56-20-18-55(19-21-56)30-33-14-17-49(4,5)28-39(33)32-6-8-34(50)9-7-32)10-12-38(42)45(58)69(64,65)37-11-13-40(41(27-37)57(62)63)51-29-31-15-22-66-23-16-31/h6-13,24-27,31,51H,14-23,28-30H2,1-5H3,(H,59,60)(H2,52,53,54,61). The maximum atomic E-state index is 14.4. The van der Waals surface area contributed by atoms with Crippen LogP contribution in [0.3, 0.4) is 0 Å². The summed E-state index contributed by atoms with van der Waals surface area (Å²) >= 11 is 6.25. The molecule has 7 rings (SSSR count). The molecule has 69 heavy (non-hydrogen) atoms. The Bertz CT molecular complexity index is 2730. The number of pyridine rings is 1. The molecule has 2 saturated heterocycles. The largest absolute Gasteiger partial charge is 0.465 e. The normalized spacial score (nSPS) is 16.9. The van der Waals surface area contributed by atoms with Gasteiger partial charge in [-0.25, -0.2) is 23.0 Å². The van der Waals surface area contributed by atoms with Crippen molar-refractivity contribution in [2.75, 3.05) is 73.3 Å². The maximum absolute atomic E-state index is 14.4. The smallest absolute Gasteiger partial charge is 0.413 e. The molecule has 3 aliphatic rings. The average molecular weight is 989 g/mol. The molecule has 0 atom stereocenters. The number of nitro groups is 1. The third kappa shape index (κ3) is 13.3. The van der Waals surface area contributed by atoms with E-state index in [9.17, 15) is 38.0 Å². The van der Waals surface area contributed by atoms with E-state index in [-0.39, 0.29) is 40.2 Å². The molecule has 1 aromatic heterocycles. The monoisotopic (exact) mass is 987 g/mol. The van der Waals surface area contributed by atoms with Gasteiger partial charge >= 0.3 is 12.2 Å².